The van der Waals surface area contributed by atoms with Crippen molar-refractivity contribution in [2.45, 2.75) is 85.4 Å². The number of esters is 4. The molecule has 3 aromatic carbocycles. The molecule has 3 aliphatic rings. The van der Waals surface area contributed by atoms with E-state index in [1.807, 2.05) is 72.8 Å². The number of hydrogen-bond acceptors (Lipinski definition) is 16. The first-order valence-corrected chi connectivity index (χ1v) is 20.5. The van der Waals surface area contributed by atoms with Gasteiger partial charge in [-0.1, -0.05) is 108 Å². The van der Waals surface area contributed by atoms with Crippen molar-refractivity contribution in [2.24, 2.45) is 0 Å². The molecule has 6 rings (SSSR count). The van der Waals surface area contributed by atoms with Crippen LogP contribution in [0.1, 0.15) is 52.7 Å². The van der Waals surface area contributed by atoms with Crippen molar-refractivity contribution in [1.29, 1.82) is 10.5 Å². The van der Waals surface area contributed by atoms with Crippen LogP contribution < -0.4 is 9.47 Å². The number of ether oxygens (including phenoxy) is 4. The van der Waals surface area contributed by atoms with E-state index in [0.29, 0.717) is 0 Å². The maximum absolute atomic E-state index is 14.5. The summed E-state index contributed by atoms with van der Waals surface area (Å²) in [5.74, 6) is -4.97. The standard InChI is InChI=1S/C40H32N4O10S4/c1-21(45)53-39(3,4)37(49)51-27-29-30(56-35(55-29)25(17-41)18-42)28(52-38(50)40(5,6)54-22(2)46)32-31(27)57-36(58-32)26-33(47)43(19-23-13-9-7-10-14-23)44(34(26)48)20-24-15-11-8-12-16-24/h7-16H,19-20H2,1-6H3. The molecule has 296 valence electrons. The highest BCUT2D eigenvalue weighted by Crippen LogP contribution is 2.69. The zero-order chi connectivity index (χ0) is 42.1. The molecule has 0 N–H and O–H groups in total. The van der Waals surface area contributed by atoms with Gasteiger partial charge < -0.3 is 18.9 Å². The van der Waals surface area contributed by atoms with E-state index in [-0.39, 0.29) is 63.8 Å². The monoisotopic (exact) mass is 856 g/mol. The Morgan fingerprint density at radius 2 is 0.983 bits per heavy atom. The third-order valence-corrected chi connectivity index (χ3v) is 13.5. The van der Waals surface area contributed by atoms with Crippen molar-refractivity contribution in [3.63, 3.8) is 0 Å². The summed E-state index contributed by atoms with van der Waals surface area (Å²) >= 11 is 3.62. The third-order valence-electron chi connectivity index (χ3n) is 8.36. The first-order valence-electron chi connectivity index (χ1n) is 17.2. The molecule has 0 aromatic heterocycles. The molecule has 1 fully saturated rings. The van der Waals surface area contributed by atoms with Gasteiger partial charge in [-0.15, -0.1) is 0 Å². The summed E-state index contributed by atoms with van der Waals surface area (Å²) in [7, 11) is 0. The van der Waals surface area contributed by atoms with Crippen LogP contribution in [0.25, 0.3) is 0 Å². The number of allylic oxidation sites excluding steroid dienone is 1. The number of rotatable bonds is 10. The van der Waals surface area contributed by atoms with Crippen molar-refractivity contribution in [3.05, 3.63) is 91.4 Å². The topological polar surface area (TPSA) is 193 Å². The Balaban J connectivity index is 1.54. The van der Waals surface area contributed by atoms with Gasteiger partial charge in [0, 0.05) is 13.8 Å². The lowest BCUT2D eigenvalue weighted by atomic mass is 10.1. The fourth-order valence-electron chi connectivity index (χ4n) is 5.71. The molecule has 14 nitrogen and oxygen atoms in total. The van der Waals surface area contributed by atoms with Crippen LogP contribution >= 0.6 is 47.0 Å². The summed E-state index contributed by atoms with van der Waals surface area (Å²) in [6.45, 7) is 7.70. The molecule has 58 heavy (non-hydrogen) atoms. The Bertz CT molecular complexity index is 2270. The summed E-state index contributed by atoms with van der Waals surface area (Å²) in [5, 5.41) is 22.2. The summed E-state index contributed by atoms with van der Waals surface area (Å²) in [5.41, 5.74) is -2.53. The minimum Gasteiger partial charge on any atom is -0.448 e. The van der Waals surface area contributed by atoms with Crippen LogP contribution in [0.3, 0.4) is 0 Å². The predicted octanol–water partition coefficient (Wildman–Crippen LogP) is 7.03. The second-order valence-corrected chi connectivity index (χ2v) is 18.2. The number of nitriles is 2. The second-order valence-electron chi connectivity index (χ2n) is 13.6. The second kappa shape index (κ2) is 16.7. The molecule has 2 amide bonds. The molecule has 3 heterocycles. The van der Waals surface area contributed by atoms with Crippen LogP contribution in [0.2, 0.25) is 0 Å². The molecule has 3 aromatic rings. The SMILES string of the molecule is CC(=O)OC(C)(C)C(=O)Oc1c2c(c(OC(=O)C(C)(C)OC(C)=O)c3c1SC(=C1C(=O)N(Cc4ccccc4)N(Cc4ccccc4)C1=O)S3)SC(=C(C#N)C#N)S2. The molecular weight excluding hydrogens is 825 g/mol. The summed E-state index contributed by atoms with van der Waals surface area (Å²) in [6.07, 6.45) is 0. The van der Waals surface area contributed by atoms with E-state index in [9.17, 15) is 39.3 Å². The van der Waals surface area contributed by atoms with E-state index < -0.39 is 46.9 Å². The number of hydrogen-bond donors (Lipinski definition) is 0. The minimum absolute atomic E-state index is 0.0658. The van der Waals surface area contributed by atoms with Crippen LogP contribution in [-0.2, 0) is 51.3 Å². The molecule has 0 radical (unpaired) electrons. The lowest BCUT2D eigenvalue weighted by Gasteiger charge is -2.27. The fourth-order valence-corrected chi connectivity index (χ4v) is 11.0. The summed E-state index contributed by atoms with van der Waals surface area (Å²) in [6, 6.07) is 22.0. The number of fused-ring (bicyclic) bond motifs is 2. The van der Waals surface area contributed by atoms with Crippen molar-refractivity contribution in [1.82, 2.24) is 10.0 Å². The number of carbonyl (C=O) groups is 6. The number of hydrazine groups is 1. The number of carbonyl (C=O) groups excluding carboxylic acids is 6. The Kier molecular flexibility index (Phi) is 12.1. The Hall–Kier alpha value is -5.66. The first kappa shape index (κ1) is 42.0. The fraction of sp³-hybridized carbons (Fsp3) is 0.250. The first-order chi connectivity index (χ1) is 27.4. The predicted molar refractivity (Wildman–Crippen MR) is 212 cm³/mol. The molecule has 0 atom stereocenters. The van der Waals surface area contributed by atoms with Gasteiger partial charge in [0.25, 0.3) is 11.8 Å². The van der Waals surface area contributed by atoms with Gasteiger partial charge in [-0.2, -0.15) is 10.5 Å². The molecule has 0 bridgehead atoms. The molecule has 0 saturated carbocycles. The smallest absolute Gasteiger partial charge is 0.355 e. The van der Waals surface area contributed by atoms with Crippen LogP contribution in [0.15, 0.2) is 99.9 Å². The average molecular weight is 857 g/mol. The molecule has 18 heteroatoms. The van der Waals surface area contributed by atoms with Gasteiger partial charge in [0.05, 0.1) is 41.1 Å². The zero-order valence-electron chi connectivity index (χ0n) is 31.7. The van der Waals surface area contributed by atoms with Crippen molar-refractivity contribution >= 4 is 82.7 Å². The average Bonchev–Trinajstić information content (AvgIpc) is 3.85. The van der Waals surface area contributed by atoms with E-state index in [2.05, 4.69) is 0 Å². The van der Waals surface area contributed by atoms with Gasteiger partial charge in [-0.05, 0) is 38.8 Å². The zero-order valence-corrected chi connectivity index (χ0v) is 35.0. The summed E-state index contributed by atoms with van der Waals surface area (Å²) in [4.78, 5) is 80.9. The number of amides is 2. The molecule has 3 aliphatic heterocycles. The van der Waals surface area contributed by atoms with E-state index in [1.165, 1.54) is 37.7 Å². The van der Waals surface area contributed by atoms with E-state index in [0.717, 1.165) is 72.0 Å². The maximum Gasteiger partial charge on any atom is 0.355 e. The molecule has 1 saturated heterocycles. The number of benzene rings is 3. The van der Waals surface area contributed by atoms with Gasteiger partial charge in [-0.25, -0.2) is 19.6 Å². The van der Waals surface area contributed by atoms with Crippen LogP contribution in [0, 0.1) is 22.7 Å². The van der Waals surface area contributed by atoms with Crippen LogP contribution in [0.4, 0.5) is 0 Å². The quantitative estimate of drug-likeness (QED) is 0.0662. The Morgan fingerprint density at radius 3 is 1.33 bits per heavy atom. The van der Waals surface area contributed by atoms with Crippen LogP contribution in [-0.4, -0.2) is 56.9 Å². The molecule has 0 spiro atoms. The Labute approximate surface area is 349 Å². The van der Waals surface area contributed by atoms with Gasteiger partial charge >= 0.3 is 23.9 Å². The number of thioether (sulfide) groups is 4. The van der Waals surface area contributed by atoms with E-state index in [1.54, 1.807) is 0 Å². The van der Waals surface area contributed by atoms with Gasteiger partial charge in [-0.3, -0.25) is 19.2 Å². The van der Waals surface area contributed by atoms with Crippen molar-refractivity contribution in [3.8, 4) is 23.6 Å². The van der Waals surface area contributed by atoms with Crippen LogP contribution in [0.5, 0.6) is 11.5 Å². The normalized spacial score (nSPS) is 14.7. The lowest BCUT2D eigenvalue weighted by molar-refractivity contribution is -0.171. The molecule has 0 aliphatic carbocycles. The van der Waals surface area contributed by atoms with E-state index in [4.69, 9.17) is 18.9 Å². The largest absolute Gasteiger partial charge is 0.448 e. The van der Waals surface area contributed by atoms with E-state index >= 15 is 0 Å². The maximum atomic E-state index is 14.5. The highest BCUT2D eigenvalue weighted by molar-refractivity contribution is 8.26. The van der Waals surface area contributed by atoms with Crippen molar-refractivity contribution < 1.29 is 47.7 Å². The van der Waals surface area contributed by atoms with Gasteiger partial charge in [0.2, 0.25) is 11.2 Å². The molecule has 0 unspecified atom stereocenters. The third kappa shape index (κ3) is 8.46. The highest BCUT2D eigenvalue weighted by atomic mass is 32.2. The van der Waals surface area contributed by atoms with Gasteiger partial charge in [0.1, 0.15) is 23.3 Å². The number of nitrogens with zero attached hydrogens (tertiary/aromatic N) is 4. The molecular formula is C40H32N4O10S4. The Morgan fingerprint density at radius 1 is 0.621 bits per heavy atom. The highest BCUT2D eigenvalue weighted by Gasteiger charge is 2.48. The minimum atomic E-state index is -1.80. The summed E-state index contributed by atoms with van der Waals surface area (Å²) < 4.78 is 22.9. The lowest BCUT2D eigenvalue weighted by Crippen LogP contribution is -2.40. The van der Waals surface area contributed by atoms with Gasteiger partial charge in [0.15, 0.2) is 11.5 Å². The van der Waals surface area contributed by atoms with Crippen molar-refractivity contribution in [2.75, 3.05) is 0 Å².